The zero-order chi connectivity index (χ0) is 22.9. The summed E-state index contributed by atoms with van der Waals surface area (Å²) >= 11 is 4.60. The molecule has 0 bridgehead atoms. The monoisotopic (exact) mass is 487 g/mol. The molecule has 1 aliphatic heterocycles. The molecule has 3 aromatic rings. The fourth-order valence-corrected chi connectivity index (χ4v) is 6.07. The second-order valence-electron chi connectivity index (χ2n) is 7.94. The molecule has 0 fully saturated rings. The Bertz CT molecular complexity index is 1180. The zero-order valence-electron chi connectivity index (χ0n) is 18.5. The third-order valence-corrected chi connectivity index (χ3v) is 8.25. The van der Waals surface area contributed by atoms with Gasteiger partial charge in [0.05, 0.1) is 18.0 Å². The molecule has 1 aliphatic rings. The number of nitrogens with one attached hydrogen (secondary N) is 1. The quantitative estimate of drug-likeness (QED) is 0.201. The molecule has 3 heterocycles. The van der Waals surface area contributed by atoms with Crippen molar-refractivity contribution >= 4 is 62.5 Å². The van der Waals surface area contributed by atoms with Crippen LogP contribution in [-0.4, -0.2) is 39.3 Å². The lowest BCUT2D eigenvalue weighted by Gasteiger charge is -2.33. The highest BCUT2D eigenvalue weighted by Crippen LogP contribution is 2.43. The second-order valence-corrected chi connectivity index (χ2v) is 10.8. The van der Waals surface area contributed by atoms with E-state index in [-0.39, 0.29) is 23.0 Å². The van der Waals surface area contributed by atoms with Crippen LogP contribution in [0.1, 0.15) is 48.0 Å². The number of benzene rings is 1. The van der Waals surface area contributed by atoms with Gasteiger partial charge in [0.15, 0.2) is 10.9 Å². The summed E-state index contributed by atoms with van der Waals surface area (Å²) in [5.41, 5.74) is 2.36. The first-order chi connectivity index (χ1) is 15.3. The van der Waals surface area contributed by atoms with Crippen molar-refractivity contribution in [3.05, 3.63) is 40.3 Å². The second kappa shape index (κ2) is 9.51. The number of thioether (sulfide) groups is 2. The van der Waals surface area contributed by atoms with Gasteiger partial charge in [-0.05, 0) is 56.4 Å². The molecule has 0 aliphatic carbocycles. The molecule has 1 unspecified atom stereocenters. The molecule has 1 aromatic carbocycles. The third kappa shape index (κ3) is 4.85. The number of fused-ring (bicyclic) bond motifs is 3. The Morgan fingerprint density at radius 2 is 2.00 bits per heavy atom. The lowest BCUT2D eigenvalue weighted by Crippen LogP contribution is -2.33. The smallest absolute Gasteiger partial charge is 0.234 e. The molecule has 1 atom stereocenters. The number of Topliss-reactive ketones (excluding diaryl/α,β-unsaturated/α-hetero) is 1. The van der Waals surface area contributed by atoms with E-state index >= 15 is 0 Å². The van der Waals surface area contributed by atoms with Gasteiger partial charge in [-0.3, -0.25) is 9.59 Å². The number of anilines is 1. The van der Waals surface area contributed by atoms with E-state index in [4.69, 9.17) is 14.7 Å². The summed E-state index contributed by atoms with van der Waals surface area (Å²) in [6, 6.07) is 6.92. The van der Waals surface area contributed by atoms with E-state index in [2.05, 4.69) is 19.2 Å². The van der Waals surface area contributed by atoms with Gasteiger partial charge in [-0.2, -0.15) is 0 Å². The molecule has 2 aromatic heterocycles. The number of rotatable bonds is 7. The molecule has 0 radical (unpaired) electrons. The lowest BCUT2D eigenvalue weighted by atomic mass is 9.90. The highest BCUT2D eigenvalue weighted by atomic mass is 32.2. The number of amides is 1. The number of ketones is 1. The Morgan fingerprint density at radius 1 is 1.25 bits per heavy atom. The van der Waals surface area contributed by atoms with Crippen molar-refractivity contribution in [2.24, 2.45) is 0 Å². The van der Waals surface area contributed by atoms with Crippen LogP contribution in [0.3, 0.4) is 0 Å². The van der Waals surface area contributed by atoms with Gasteiger partial charge in [0.25, 0.3) is 0 Å². The van der Waals surface area contributed by atoms with Crippen LogP contribution in [-0.2, 0) is 22.6 Å². The number of aromatic nitrogens is 2. The van der Waals surface area contributed by atoms with Crippen LogP contribution in [0.4, 0.5) is 5.69 Å². The van der Waals surface area contributed by atoms with E-state index in [1.165, 1.54) is 40.9 Å². The fourth-order valence-electron chi connectivity index (χ4n) is 3.56. The topological polar surface area (TPSA) is 81.2 Å². The van der Waals surface area contributed by atoms with E-state index in [0.29, 0.717) is 23.0 Å². The van der Waals surface area contributed by atoms with E-state index in [9.17, 15) is 9.59 Å². The van der Waals surface area contributed by atoms with Crippen LogP contribution in [0.15, 0.2) is 34.4 Å². The number of nitrogens with zero attached hydrogens (tertiary/aromatic N) is 2. The average Bonchev–Trinajstić information content (AvgIpc) is 3.15. The number of carbonyl (C=O) groups is 2. The van der Waals surface area contributed by atoms with Crippen molar-refractivity contribution < 1.29 is 14.3 Å². The number of carbonyl (C=O) groups excluding carboxylic acids is 2. The van der Waals surface area contributed by atoms with Crippen molar-refractivity contribution in [1.82, 2.24) is 9.97 Å². The Balaban J connectivity index is 1.56. The molecular weight excluding hydrogens is 462 g/mol. The van der Waals surface area contributed by atoms with Crippen molar-refractivity contribution in [3.8, 4) is 0 Å². The SMILES string of the molecule is CCC1(C)Cc2c(sc3nc(SC)nc(SCC(=O)Nc4ccc(C(C)=O)cc4)c23)CO1. The molecule has 6 nitrogen and oxygen atoms in total. The first-order valence-corrected chi connectivity index (χ1v) is 13.4. The maximum atomic E-state index is 12.6. The summed E-state index contributed by atoms with van der Waals surface area (Å²) in [5, 5.41) is 5.51. The Morgan fingerprint density at radius 3 is 2.66 bits per heavy atom. The lowest BCUT2D eigenvalue weighted by molar-refractivity contribution is -0.113. The maximum absolute atomic E-state index is 12.6. The van der Waals surface area contributed by atoms with Gasteiger partial charge < -0.3 is 10.1 Å². The third-order valence-electron chi connectivity index (χ3n) is 5.63. The summed E-state index contributed by atoms with van der Waals surface area (Å²) in [7, 11) is 0. The number of hydrogen-bond donors (Lipinski definition) is 1. The first-order valence-electron chi connectivity index (χ1n) is 10.4. The molecule has 0 saturated heterocycles. The summed E-state index contributed by atoms with van der Waals surface area (Å²) < 4.78 is 6.12. The summed E-state index contributed by atoms with van der Waals surface area (Å²) in [5.74, 6) is 0.119. The standard InChI is InChI=1S/C23H25N3O3S3/c1-5-23(3)10-16-17(11-29-23)32-21-19(16)20(25-22(26-21)30-4)31-12-18(28)24-15-8-6-14(7-9-15)13(2)27/h6-9H,5,10-12H2,1-4H3,(H,24,28). The van der Waals surface area contributed by atoms with Gasteiger partial charge in [-0.15, -0.1) is 11.3 Å². The van der Waals surface area contributed by atoms with Crippen molar-refractivity contribution in [1.29, 1.82) is 0 Å². The molecule has 1 N–H and O–H groups in total. The zero-order valence-corrected chi connectivity index (χ0v) is 20.9. The van der Waals surface area contributed by atoms with Crippen molar-refractivity contribution in [2.75, 3.05) is 17.3 Å². The fraction of sp³-hybridized carbons (Fsp3) is 0.391. The Hall–Kier alpha value is -1.94. The normalized spacial score (nSPS) is 17.9. The van der Waals surface area contributed by atoms with Gasteiger partial charge in [0, 0.05) is 27.9 Å². The van der Waals surface area contributed by atoms with Crippen LogP contribution in [0.25, 0.3) is 10.2 Å². The van der Waals surface area contributed by atoms with Crippen LogP contribution < -0.4 is 5.32 Å². The molecule has 32 heavy (non-hydrogen) atoms. The van der Waals surface area contributed by atoms with Crippen LogP contribution >= 0.6 is 34.9 Å². The molecule has 1 amide bonds. The minimum atomic E-state index is -0.190. The van der Waals surface area contributed by atoms with Gasteiger partial charge >= 0.3 is 0 Å². The average molecular weight is 488 g/mol. The van der Waals surface area contributed by atoms with Crippen LogP contribution in [0.5, 0.6) is 0 Å². The maximum Gasteiger partial charge on any atom is 0.234 e. The van der Waals surface area contributed by atoms with Gasteiger partial charge in [0.2, 0.25) is 5.91 Å². The predicted octanol–water partition coefficient (Wildman–Crippen LogP) is 5.59. The minimum Gasteiger partial charge on any atom is -0.369 e. The first kappa shape index (κ1) is 23.2. The highest BCUT2D eigenvalue weighted by Gasteiger charge is 2.33. The number of ether oxygens (including phenoxy) is 1. The van der Waals surface area contributed by atoms with E-state index < -0.39 is 0 Å². The molecule has 168 valence electrons. The largest absolute Gasteiger partial charge is 0.369 e. The summed E-state index contributed by atoms with van der Waals surface area (Å²) in [4.78, 5) is 35.7. The van der Waals surface area contributed by atoms with E-state index in [1.54, 1.807) is 35.6 Å². The molecule has 0 spiro atoms. The van der Waals surface area contributed by atoms with E-state index in [0.717, 1.165) is 28.1 Å². The number of hydrogen-bond acceptors (Lipinski definition) is 8. The van der Waals surface area contributed by atoms with Gasteiger partial charge in [-0.1, -0.05) is 30.4 Å². The van der Waals surface area contributed by atoms with Gasteiger partial charge in [-0.25, -0.2) is 9.97 Å². The van der Waals surface area contributed by atoms with E-state index in [1.807, 2.05) is 6.26 Å². The van der Waals surface area contributed by atoms with Crippen LogP contribution in [0.2, 0.25) is 0 Å². The van der Waals surface area contributed by atoms with Crippen molar-refractivity contribution in [3.63, 3.8) is 0 Å². The highest BCUT2D eigenvalue weighted by molar-refractivity contribution is 8.00. The van der Waals surface area contributed by atoms with Gasteiger partial charge in [0.1, 0.15) is 9.86 Å². The minimum absolute atomic E-state index is 0.000486. The number of thiophene rings is 1. The Kier molecular flexibility index (Phi) is 6.90. The predicted molar refractivity (Wildman–Crippen MR) is 132 cm³/mol. The van der Waals surface area contributed by atoms with Crippen LogP contribution in [0, 0.1) is 0 Å². The molecular formula is C23H25N3O3S3. The molecule has 4 rings (SSSR count). The molecule has 9 heteroatoms. The Labute approximate surface area is 199 Å². The summed E-state index contributed by atoms with van der Waals surface area (Å²) in [6.45, 7) is 6.41. The molecule has 0 saturated carbocycles. The van der Waals surface area contributed by atoms with Crippen molar-refractivity contribution in [2.45, 2.75) is 56.0 Å². The summed E-state index contributed by atoms with van der Waals surface area (Å²) in [6.07, 6.45) is 3.71.